The molecular weight excluding hydrogens is 152 g/mol. The van der Waals surface area contributed by atoms with Gasteiger partial charge in [0.2, 0.25) is 5.91 Å². The van der Waals surface area contributed by atoms with Gasteiger partial charge < -0.3 is 10.2 Å². The van der Waals surface area contributed by atoms with Crippen LogP contribution in [0.25, 0.3) is 0 Å². The molecule has 3 nitrogen and oxygen atoms in total. The molecule has 1 rings (SSSR count). The Morgan fingerprint density at radius 2 is 2.33 bits per heavy atom. The van der Waals surface area contributed by atoms with Crippen LogP contribution in [-0.2, 0) is 4.79 Å². The fourth-order valence-electron chi connectivity index (χ4n) is 1.56. The van der Waals surface area contributed by atoms with E-state index in [0.717, 1.165) is 19.5 Å². The maximum atomic E-state index is 11.7. The van der Waals surface area contributed by atoms with Crippen molar-refractivity contribution in [3.05, 3.63) is 0 Å². The first kappa shape index (κ1) is 9.52. The summed E-state index contributed by atoms with van der Waals surface area (Å²) in [4.78, 5) is 13.4. The van der Waals surface area contributed by atoms with Crippen molar-refractivity contribution in [2.45, 2.75) is 26.3 Å². The van der Waals surface area contributed by atoms with Crippen molar-refractivity contribution in [3.63, 3.8) is 0 Å². The Bertz CT molecular complexity index is 170. The Morgan fingerprint density at radius 3 is 2.75 bits per heavy atom. The van der Waals surface area contributed by atoms with Crippen molar-refractivity contribution in [3.8, 4) is 0 Å². The van der Waals surface area contributed by atoms with Gasteiger partial charge in [0, 0.05) is 13.6 Å². The van der Waals surface area contributed by atoms with E-state index in [4.69, 9.17) is 0 Å². The molecule has 0 spiro atoms. The van der Waals surface area contributed by atoms with Crippen LogP contribution in [0.15, 0.2) is 0 Å². The van der Waals surface area contributed by atoms with E-state index < -0.39 is 0 Å². The van der Waals surface area contributed by atoms with E-state index in [0.29, 0.717) is 5.92 Å². The minimum Gasteiger partial charge on any atom is -0.345 e. The smallest absolute Gasteiger partial charge is 0.239 e. The standard InChI is InChI=1S/C9H18N2O/c1-4-11(3)9(12)8-7(2)5-6-10-8/h7-8,10H,4-6H2,1-3H3. The molecule has 1 fully saturated rings. The van der Waals surface area contributed by atoms with E-state index in [1.54, 1.807) is 4.90 Å². The molecule has 1 aliphatic heterocycles. The average Bonchev–Trinajstić information content (AvgIpc) is 2.48. The molecule has 0 aromatic carbocycles. The van der Waals surface area contributed by atoms with Crippen molar-refractivity contribution in [2.24, 2.45) is 5.92 Å². The SMILES string of the molecule is CCN(C)C(=O)C1NCCC1C. The lowest BCUT2D eigenvalue weighted by Gasteiger charge is -2.21. The molecule has 0 radical (unpaired) electrons. The highest BCUT2D eigenvalue weighted by Crippen LogP contribution is 2.15. The minimum absolute atomic E-state index is 0.0648. The Kier molecular flexibility index (Phi) is 3.09. The van der Waals surface area contributed by atoms with Gasteiger partial charge in [-0.05, 0) is 25.8 Å². The number of amides is 1. The Labute approximate surface area is 74.1 Å². The Balaban J connectivity index is 2.51. The van der Waals surface area contributed by atoms with Gasteiger partial charge in [0.05, 0.1) is 6.04 Å². The highest BCUT2D eigenvalue weighted by Gasteiger charge is 2.30. The average molecular weight is 170 g/mol. The molecule has 1 amide bonds. The maximum Gasteiger partial charge on any atom is 0.239 e. The summed E-state index contributed by atoms with van der Waals surface area (Å²) in [5.74, 6) is 0.731. The molecule has 1 saturated heterocycles. The topological polar surface area (TPSA) is 32.3 Å². The Hall–Kier alpha value is -0.570. The molecule has 0 aromatic rings. The first-order valence-corrected chi connectivity index (χ1v) is 4.65. The third-order valence-corrected chi connectivity index (χ3v) is 2.65. The summed E-state index contributed by atoms with van der Waals surface area (Å²) < 4.78 is 0. The second-order valence-corrected chi connectivity index (χ2v) is 3.55. The molecule has 1 N–H and O–H groups in total. The van der Waals surface area contributed by atoms with E-state index in [9.17, 15) is 4.79 Å². The maximum absolute atomic E-state index is 11.7. The van der Waals surface area contributed by atoms with Gasteiger partial charge in [-0.25, -0.2) is 0 Å². The van der Waals surface area contributed by atoms with Crippen molar-refractivity contribution in [2.75, 3.05) is 20.1 Å². The lowest BCUT2D eigenvalue weighted by atomic mass is 10.0. The number of rotatable bonds is 2. The number of nitrogens with one attached hydrogen (secondary N) is 1. The molecule has 12 heavy (non-hydrogen) atoms. The quantitative estimate of drug-likeness (QED) is 0.653. The van der Waals surface area contributed by atoms with Crippen LogP contribution < -0.4 is 5.32 Å². The zero-order valence-electron chi connectivity index (χ0n) is 8.13. The van der Waals surface area contributed by atoms with E-state index in [-0.39, 0.29) is 11.9 Å². The van der Waals surface area contributed by atoms with Gasteiger partial charge in [0.25, 0.3) is 0 Å². The minimum atomic E-state index is 0.0648. The molecular formula is C9H18N2O. The largest absolute Gasteiger partial charge is 0.345 e. The third-order valence-electron chi connectivity index (χ3n) is 2.65. The molecule has 0 aromatic heterocycles. The summed E-state index contributed by atoms with van der Waals surface area (Å²) in [6, 6.07) is 0.0648. The zero-order valence-corrected chi connectivity index (χ0v) is 8.13. The fraction of sp³-hybridized carbons (Fsp3) is 0.889. The van der Waals surface area contributed by atoms with Crippen molar-refractivity contribution in [1.82, 2.24) is 10.2 Å². The molecule has 1 heterocycles. The van der Waals surface area contributed by atoms with Gasteiger partial charge in [-0.15, -0.1) is 0 Å². The molecule has 2 unspecified atom stereocenters. The molecule has 0 bridgehead atoms. The first-order chi connectivity index (χ1) is 5.66. The third kappa shape index (κ3) is 1.78. The van der Waals surface area contributed by atoms with Gasteiger partial charge in [0.15, 0.2) is 0 Å². The number of hydrogen-bond donors (Lipinski definition) is 1. The number of nitrogens with zero attached hydrogens (tertiary/aromatic N) is 1. The molecule has 0 saturated carbocycles. The second kappa shape index (κ2) is 3.90. The van der Waals surface area contributed by atoms with Crippen LogP contribution in [0.4, 0.5) is 0 Å². The highest BCUT2D eigenvalue weighted by molar-refractivity contribution is 5.82. The van der Waals surface area contributed by atoms with Crippen molar-refractivity contribution < 1.29 is 4.79 Å². The van der Waals surface area contributed by atoms with Crippen LogP contribution in [0.1, 0.15) is 20.3 Å². The molecule has 1 aliphatic rings. The van der Waals surface area contributed by atoms with Gasteiger partial charge in [-0.2, -0.15) is 0 Å². The van der Waals surface area contributed by atoms with Gasteiger partial charge >= 0.3 is 0 Å². The normalized spacial score (nSPS) is 28.9. The summed E-state index contributed by atoms with van der Waals surface area (Å²) in [7, 11) is 1.86. The summed E-state index contributed by atoms with van der Waals surface area (Å²) >= 11 is 0. The van der Waals surface area contributed by atoms with Gasteiger partial charge in [0.1, 0.15) is 0 Å². The summed E-state index contributed by atoms with van der Waals surface area (Å²) in [6.07, 6.45) is 1.12. The first-order valence-electron chi connectivity index (χ1n) is 4.65. The predicted molar refractivity (Wildman–Crippen MR) is 48.9 cm³/mol. The second-order valence-electron chi connectivity index (χ2n) is 3.55. The van der Waals surface area contributed by atoms with Crippen LogP contribution in [0, 0.1) is 5.92 Å². The van der Waals surface area contributed by atoms with Gasteiger partial charge in [-0.3, -0.25) is 4.79 Å². The van der Waals surface area contributed by atoms with Crippen LogP contribution in [0.3, 0.4) is 0 Å². The lowest BCUT2D eigenvalue weighted by molar-refractivity contribution is -0.132. The van der Waals surface area contributed by atoms with E-state index >= 15 is 0 Å². The lowest BCUT2D eigenvalue weighted by Crippen LogP contribution is -2.44. The summed E-state index contributed by atoms with van der Waals surface area (Å²) in [6.45, 7) is 5.91. The van der Waals surface area contributed by atoms with E-state index in [1.165, 1.54) is 0 Å². The Morgan fingerprint density at radius 1 is 1.67 bits per heavy atom. The number of likely N-dealkylation sites (N-methyl/N-ethyl adjacent to an activating group) is 1. The highest BCUT2D eigenvalue weighted by atomic mass is 16.2. The van der Waals surface area contributed by atoms with Crippen LogP contribution >= 0.6 is 0 Å². The van der Waals surface area contributed by atoms with Crippen molar-refractivity contribution >= 4 is 5.91 Å². The number of carbonyl (C=O) groups is 1. The van der Waals surface area contributed by atoms with Crippen LogP contribution in [-0.4, -0.2) is 37.0 Å². The molecule has 2 atom stereocenters. The fourth-order valence-corrected chi connectivity index (χ4v) is 1.56. The van der Waals surface area contributed by atoms with Crippen LogP contribution in [0.5, 0.6) is 0 Å². The molecule has 3 heteroatoms. The van der Waals surface area contributed by atoms with Crippen LogP contribution in [0.2, 0.25) is 0 Å². The molecule has 70 valence electrons. The summed E-state index contributed by atoms with van der Waals surface area (Å²) in [5.41, 5.74) is 0. The van der Waals surface area contributed by atoms with E-state index in [1.807, 2.05) is 14.0 Å². The van der Waals surface area contributed by atoms with Crippen molar-refractivity contribution in [1.29, 1.82) is 0 Å². The van der Waals surface area contributed by atoms with E-state index in [2.05, 4.69) is 12.2 Å². The monoisotopic (exact) mass is 170 g/mol. The zero-order chi connectivity index (χ0) is 9.14. The molecule has 0 aliphatic carbocycles. The predicted octanol–water partition coefficient (Wildman–Crippen LogP) is 0.463. The summed E-state index contributed by atoms with van der Waals surface area (Å²) in [5, 5.41) is 3.23. The van der Waals surface area contributed by atoms with Gasteiger partial charge in [-0.1, -0.05) is 6.92 Å². The number of carbonyl (C=O) groups excluding carboxylic acids is 1. The number of hydrogen-bond acceptors (Lipinski definition) is 2.